The van der Waals surface area contributed by atoms with Gasteiger partial charge in [-0.2, -0.15) is 0 Å². The van der Waals surface area contributed by atoms with Gasteiger partial charge >= 0.3 is 0 Å². The van der Waals surface area contributed by atoms with Crippen LogP contribution in [0.1, 0.15) is 39.2 Å². The van der Waals surface area contributed by atoms with Gasteiger partial charge in [0.15, 0.2) is 5.76 Å². The van der Waals surface area contributed by atoms with Gasteiger partial charge in [0.2, 0.25) is 0 Å². The molecule has 132 valence electrons. The number of aryl methyl sites for hydroxylation is 1. The predicted octanol–water partition coefficient (Wildman–Crippen LogP) is 6.52. The molecule has 0 aliphatic heterocycles. The van der Waals surface area contributed by atoms with Crippen LogP contribution in [0.4, 0.5) is 0 Å². The van der Waals surface area contributed by atoms with Crippen molar-refractivity contribution in [2.75, 3.05) is 6.61 Å². The van der Waals surface area contributed by atoms with E-state index in [1.54, 1.807) is 0 Å². The van der Waals surface area contributed by atoms with Gasteiger partial charge < -0.3 is 9.26 Å². The minimum absolute atomic E-state index is 0.760. The Kier molecular flexibility index (Phi) is 7.27. The van der Waals surface area contributed by atoms with Crippen LogP contribution in [0, 0.1) is 6.92 Å². The van der Waals surface area contributed by atoms with Gasteiger partial charge in [0.1, 0.15) is 11.4 Å². The van der Waals surface area contributed by atoms with Crippen LogP contribution in [-0.2, 0) is 0 Å². The molecular weight excluding hydrogens is 310 g/mol. The summed E-state index contributed by atoms with van der Waals surface area (Å²) in [5, 5.41) is 4.17. The minimum Gasteiger partial charge on any atom is -0.494 e. The van der Waals surface area contributed by atoms with Gasteiger partial charge in [0.25, 0.3) is 0 Å². The van der Waals surface area contributed by atoms with E-state index in [9.17, 15) is 0 Å². The standard InChI is InChI=1S/C20H21NO2.C2H6/c1-3-4-13-22-18-11-9-17(10-12-18)20-14-19(21-23-20)16-7-5-15(2)6-8-16;1-2/h5-12,14H,3-4,13H2,1-2H3;1-2H3. The first-order chi connectivity index (χ1) is 12.3. The molecule has 0 amide bonds. The Hall–Kier alpha value is -2.55. The van der Waals surface area contributed by atoms with E-state index >= 15 is 0 Å². The van der Waals surface area contributed by atoms with Crippen molar-refractivity contribution in [3.63, 3.8) is 0 Å². The number of hydrogen-bond donors (Lipinski definition) is 0. The molecule has 0 radical (unpaired) electrons. The van der Waals surface area contributed by atoms with Crippen molar-refractivity contribution in [2.24, 2.45) is 0 Å². The Labute approximate surface area is 150 Å². The quantitative estimate of drug-likeness (QED) is 0.480. The highest BCUT2D eigenvalue weighted by Crippen LogP contribution is 2.27. The van der Waals surface area contributed by atoms with Crippen molar-refractivity contribution in [1.82, 2.24) is 5.16 Å². The van der Waals surface area contributed by atoms with Gasteiger partial charge in [-0.1, -0.05) is 62.2 Å². The molecular formula is C22H27NO2. The zero-order chi connectivity index (χ0) is 18.1. The molecule has 25 heavy (non-hydrogen) atoms. The highest BCUT2D eigenvalue weighted by atomic mass is 16.5. The van der Waals surface area contributed by atoms with Crippen LogP contribution in [0.3, 0.4) is 0 Å². The molecule has 0 aliphatic rings. The fourth-order valence-corrected chi connectivity index (χ4v) is 2.32. The summed E-state index contributed by atoms with van der Waals surface area (Å²) in [7, 11) is 0. The number of unbranched alkanes of at least 4 members (excludes halogenated alkanes) is 1. The van der Waals surface area contributed by atoms with Crippen molar-refractivity contribution in [3.8, 4) is 28.3 Å². The third kappa shape index (κ3) is 5.21. The number of rotatable bonds is 6. The Morgan fingerprint density at radius 2 is 1.56 bits per heavy atom. The Morgan fingerprint density at radius 3 is 2.20 bits per heavy atom. The molecule has 0 atom stereocenters. The number of aromatic nitrogens is 1. The zero-order valence-corrected chi connectivity index (χ0v) is 15.6. The lowest BCUT2D eigenvalue weighted by molar-refractivity contribution is 0.309. The summed E-state index contributed by atoms with van der Waals surface area (Å²) >= 11 is 0. The largest absolute Gasteiger partial charge is 0.494 e. The molecule has 3 nitrogen and oxygen atoms in total. The number of ether oxygens (including phenoxy) is 1. The maximum atomic E-state index is 5.68. The lowest BCUT2D eigenvalue weighted by Crippen LogP contribution is -1.95. The van der Waals surface area contributed by atoms with Crippen molar-refractivity contribution < 1.29 is 9.26 Å². The lowest BCUT2D eigenvalue weighted by Gasteiger charge is -2.05. The zero-order valence-electron chi connectivity index (χ0n) is 15.6. The van der Waals surface area contributed by atoms with Gasteiger partial charge in [0, 0.05) is 17.2 Å². The summed E-state index contributed by atoms with van der Waals surface area (Å²) in [6.45, 7) is 8.99. The summed E-state index contributed by atoms with van der Waals surface area (Å²) < 4.78 is 11.2. The molecule has 0 fully saturated rings. The average Bonchev–Trinajstić information content (AvgIpc) is 3.15. The van der Waals surface area contributed by atoms with Crippen LogP contribution < -0.4 is 4.74 Å². The fourth-order valence-electron chi connectivity index (χ4n) is 2.32. The Bertz CT molecular complexity index is 742. The Balaban J connectivity index is 0.00000109. The third-order valence-electron chi connectivity index (χ3n) is 3.76. The first-order valence-electron chi connectivity index (χ1n) is 9.03. The monoisotopic (exact) mass is 337 g/mol. The average molecular weight is 337 g/mol. The highest BCUT2D eigenvalue weighted by Gasteiger charge is 2.08. The van der Waals surface area contributed by atoms with E-state index in [2.05, 4.69) is 43.3 Å². The topological polar surface area (TPSA) is 35.3 Å². The van der Waals surface area contributed by atoms with Crippen LogP contribution in [-0.4, -0.2) is 11.8 Å². The van der Waals surface area contributed by atoms with Crippen molar-refractivity contribution in [1.29, 1.82) is 0 Å². The summed E-state index contributed by atoms with van der Waals surface area (Å²) in [6.07, 6.45) is 2.21. The van der Waals surface area contributed by atoms with Crippen LogP contribution >= 0.6 is 0 Å². The van der Waals surface area contributed by atoms with Gasteiger partial charge in [-0.25, -0.2) is 0 Å². The molecule has 3 rings (SSSR count). The normalized spacial score (nSPS) is 10.1. The van der Waals surface area contributed by atoms with Crippen LogP contribution in [0.5, 0.6) is 5.75 Å². The predicted molar refractivity (Wildman–Crippen MR) is 104 cm³/mol. The number of benzene rings is 2. The second kappa shape index (κ2) is 9.67. The van der Waals surface area contributed by atoms with Crippen LogP contribution in [0.2, 0.25) is 0 Å². The first-order valence-corrected chi connectivity index (χ1v) is 9.03. The van der Waals surface area contributed by atoms with Gasteiger partial charge in [0.05, 0.1) is 6.61 Å². The molecule has 0 N–H and O–H groups in total. The lowest BCUT2D eigenvalue weighted by atomic mass is 10.1. The molecule has 0 aliphatic carbocycles. The summed E-state index contributed by atoms with van der Waals surface area (Å²) in [5.41, 5.74) is 4.14. The molecule has 2 aromatic carbocycles. The molecule has 3 heteroatoms. The highest BCUT2D eigenvalue weighted by molar-refractivity contribution is 5.67. The maximum absolute atomic E-state index is 5.68. The van der Waals surface area contributed by atoms with Crippen molar-refractivity contribution in [3.05, 3.63) is 60.2 Å². The van der Waals surface area contributed by atoms with Gasteiger partial charge in [-0.05, 0) is 37.6 Å². The molecule has 0 unspecified atom stereocenters. The molecule has 0 spiro atoms. The number of nitrogens with zero attached hydrogens (tertiary/aromatic N) is 1. The van der Waals surface area contributed by atoms with E-state index < -0.39 is 0 Å². The summed E-state index contributed by atoms with van der Waals surface area (Å²) in [5.74, 6) is 1.65. The fraction of sp³-hybridized carbons (Fsp3) is 0.318. The maximum Gasteiger partial charge on any atom is 0.167 e. The van der Waals surface area contributed by atoms with Gasteiger partial charge in [-0.15, -0.1) is 0 Å². The SMILES string of the molecule is CC.CCCCOc1ccc(-c2cc(-c3ccc(C)cc3)no2)cc1. The smallest absolute Gasteiger partial charge is 0.167 e. The second-order valence-corrected chi connectivity index (χ2v) is 5.67. The molecule has 3 aromatic rings. The molecule has 0 bridgehead atoms. The van der Waals surface area contributed by atoms with Crippen LogP contribution in [0.15, 0.2) is 59.1 Å². The first kappa shape index (κ1) is 18.8. The van der Waals surface area contributed by atoms with Crippen molar-refractivity contribution >= 4 is 0 Å². The number of hydrogen-bond acceptors (Lipinski definition) is 3. The van der Waals surface area contributed by atoms with E-state index in [0.717, 1.165) is 47.8 Å². The summed E-state index contributed by atoms with van der Waals surface area (Å²) in [6, 6.07) is 18.2. The van der Waals surface area contributed by atoms with Gasteiger partial charge in [-0.3, -0.25) is 0 Å². The molecule has 1 heterocycles. The summed E-state index contributed by atoms with van der Waals surface area (Å²) in [4.78, 5) is 0. The van der Waals surface area contributed by atoms with E-state index in [4.69, 9.17) is 9.26 Å². The van der Waals surface area contributed by atoms with E-state index in [1.807, 2.05) is 44.2 Å². The molecule has 1 aromatic heterocycles. The third-order valence-corrected chi connectivity index (χ3v) is 3.76. The molecule has 0 saturated heterocycles. The minimum atomic E-state index is 0.760. The van der Waals surface area contributed by atoms with Crippen molar-refractivity contribution in [2.45, 2.75) is 40.5 Å². The Morgan fingerprint density at radius 1 is 0.920 bits per heavy atom. The van der Waals surface area contributed by atoms with E-state index in [0.29, 0.717) is 0 Å². The second-order valence-electron chi connectivity index (χ2n) is 5.67. The molecule has 0 saturated carbocycles. The van der Waals surface area contributed by atoms with E-state index in [-0.39, 0.29) is 0 Å². The van der Waals surface area contributed by atoms with Crippen LogP contribution in [0.25, 0.3) is 22.6 Å². The van der Waals surface area contributed by atoms with E-state index in [1.165, 1.54) is 5.56 Å².